The van der Waals surface area contributed by atoms with Crippen LogP contribution in [-0.4, -0.2) is 28.1 Å². The predicted octanol–water partition coefficient (Wildman–Crippen LogP) is 2.65. The third kappa shape index (κ3) is 3.62. The molecule has 0 bridgehead atoms. The molecule has 0 aliphatic rings. The van der Waals surface area contributed by atoms with Crippen molar-refractivity contribution in [2.75, 3.05) is 6.54 Å². The van der Waals surface area contributed by atoms with Gasteiger partial charge in [0.2, 0.25) is 0 Å². The minimum absolute atomic E-state index is 0.0677. The van der Waals surface area contributed by atoms with Crippen molar-refractivity contribution >= 4 is 22.8 Å². The van der Waals surface area contributed by atoms with Gasteiger partial charge < -0.3 is 15.0 Å². The number of hydrogen-bond acceptors (Lipinski definition) is 2. The quantitative estimate of drug-likeness (QED) is 0.769. The number of hydrogen-bond donors (Lipinski definition) is 2. The second-order valence-corrected chi connectivity index (χ2v) is 4.99. The Balaban J connectivity index is 2.14. The van der Waals surface area contributed by atoms with E-state index >= 15 is 0 Å². The third-order valence-electron chi connectivity index (χ3n) is 3.34. The molecule has 1 heterocycles. The average Bonchev–Trinajstić information content (AvgIpc) is 2.83. The molecule has 5 nitrogen and oxygen atoms in total. The highest BCUT2D eigenvalue weighted by Gasteiger charge is 2.14. The lowest BCUT2D eigenvalue weighted by Gasteiger charge is -2.09. The molecule has 0 radical (unpaired) electrons. The molecule has 0 saturated heterocycles. The molecule has 21 heavy (non-hydrogen) atoms. The van der Waals surface area contributed by atoms with Crippen molar-refractivity contribution in [2.24, 2.45) is 0 Å². The highest BCUT2D eigenvalue weighted by atomic mass is 16.4. The fourth-order valence-corrected chi connectivity index (χ4v) is 2.40. The van der Waals surface area contributed by atoms with Gasteiger partial charge in [0.05, 0.1) is 0 Å². The molecule has 0 spiro atoms. The van der Waals surface area contributed by atoms with E-state index in [4.69, 9.17) is 5.11 Å². The standard InChI is InChI=1S/C16H20N2O3/c1-2-10-18-13-7-4-3-6-12(13)11-14(18)16(21)17-9-5-8-15(19)20/h3-4,6-7,11H,2,5,8-10H2,1H3,(H,17,21)(H,19,20). The van der Waals surface area contributed by atoms with Crippen LogP contribution >= 0.6 is 0 Å². The number of aromatic nitrogens is 1. The molecule has 0 fully saturated rings. The molecule has 1 amide bonds. The van der Waals surface area contributed by atoms with Crippen LogP contribution in [0.25, 0.3) is 10.9 Å². The lowest BCUT2D eigenvalue weighted by Crippen LogP contribution is -2.27. The summed E-state index contributed by atoms with van der Waals surface area (Å²) in [5.74, 6) is -0.991. The van der Waals surface area contributed by atoms with Gasteiger partial charge in [0, 0.05) is 30.4 Å². The summed E-state index contributed by atoms with van der Waals surface area (Å²) in [6.45, 7) is 3.23. The Morgan fingerprint density at radius 2 is 2.05 bits per heavy atom. The molecule has 0 unspecified atom stereocenters. The summed E-state index contributed by atoms with van der Waals surface area (Å²) < 4.78 is 2.02. The zero-order valence-electron chi connectivity index (χ0n) is 12.1. The van der Waals surface area contributed by atoms with E-state index in [0.717, 1.165) is 23.9 Å². The minimum atomic E-state index is -0.843. The molecular weight excluding hydrogens is 268 g/mol. The van der Waals surface area contributed by atoms with E-state index in [1.165, 1.54) is 0 Å². The van der Waals surface area contributed by atoms with Gasteiger partial charge in [-0.15, -0.1) is 0 Å². The van der Waals surface area contributed by atoms with Gasteiger partial charge in [-0.3, -0.25) is 9.59 Å². The van der Waals surface area contributed by atoms with Crippen LogP contribution in [0.2, 0.25) is 0 Å². The lowest BCUT2D eigenvalue weighted by atomic mass is 10.2. The maximum Gasteiger partial charge on any atom is 0.303 e. The number of carbonyl (C=O) groups excluding carboxylic acids is 1. The number of rotatable bonds is 7. The summed E-state index contributed by atoms with van der Waals surface area (Å²) in [6.07, 6.45) is 1.45. The molecule has 1 aromatic heterocycles. The number of aryl methyl sites for hydroxylation is 1. The first-order chi connectivity index (χ1) is 10.1. The largest absolute Gasteiger partial charge is 0.481 e. The van der Waals surface area contributed by atoms with Gasteiger partial charge in [-0.05, 0) is 25.0 Å². The predicted molar refractivity (Wildman–Crippen MR) is 81.4 cm³/mol. The van der Waals surface area contributed by atoms with Crippen molar-refractivity contribution in [1.29, 1.82) is 0 Å². The monoisotopic (exact) mass is 288 g/mol. The van der Waals surface area contributed by atoms with Gasteiger partial charge >= 0.3 is 5.97 Å². The van der Waals surface area contributed by atoms with Crippen LogP contribution in [0.15, 0.2) is 30.3 Å². The maximum absolute atomic E-state index is 12.3. The maximum atomic E-state index is 12.3. The van der Waals surface area contributed by atoms with Gasteiger partial charge in [0.1, 0.15) is 5.69 Å². The number of carboxylic acid groups (broad SMARTS) is 1. The smallest absolute Gasteiger partial charge is 0.303 e. The second kappa shape index (κ2) is 6.92. The first-order valence-electron chi connectivity index (χ1n) is 7.21. The zero-order chi connectivity index (χ0) is 15.2. The molecular formula is C16H20N2O3. The molecule has 2 N–H and O–H groups in total. The summed E-state index contributed by atoms with van der Waals surface area (Å²) >= 11 is 0. The summed E-state index contributed by atoms with van der Waals surface area (Å²) in [7, 11) is 0. The Morgan fingerprint density at radius 1 is 1.29 bits per heavy atom. The number of benzene rings is 1. The highest BCUT2D eigenvalue weighted by molar-refractivity contribution is 5.98. The SMILES string of the molecule is CCCn1c(C(=O)NCCCC(=O)O)cc2ccccc21. The van der Waals surface area contributed by atoms with E-state index < -0.39 is 5.97 Å². The molecule has 112 valence electrons. The van der Waals surface area contributed by atoms with Crippen LogP contribution < -0.4 is 5.32 Å². The number of nitrogens with one attached hydrogen (secondary N) is 1. The van der Waals surface area contributed by atoms with Crippen LogP contribution in [0.5, 0.6) is 0 Å². The van der Waals surface area contributed by atoms with Crippen LogP contribution in [0.1, 0.15) is 36.7 Å². The van der Waals surface area contributed by atoms with Crippen molar-refractivity contribution in [3.05, 3.63) is 36.0 Å². The van der Waals surface area contributed by atoms with E-state index in [-0.39, 0.29) is 12.3 Å². The van der Waals surface area contributed by atoms with E-state index in [1.807, 2.05) is 34.9 Å². The first-order valence-corrected chi connectivity index (χ1v) is 7.21. The van der Waals surface area contributed by atoms with Gasteiger partial charge in [-0.1, -0.05) is 25.1 Å². The molecule has 2 aromatic rings. The molecule has 0 aliphatic carbocycles. The normalized spacial score (nSPS) is 10.7. The van der Waals surface area contributed by atoms with Gasteiger partial charge in [0.25, 0.3) is 5.91 Å². The summed E-state index contributed by atoms with van der Waals surface area (Å²) in [6, 6.07) is 9.79. The van der Waals surface area contributed by atoms with Crippen molar-refractivity contribution in [3.8, 4) is 0 Å². The van der Waals surface area contributed by atoms with Crippen molar-refractivity contribution in [1.82, 2.24) is 9.88 Å². The van der Waals surface area contributed by atoms with Gasteiger partial charge in [0.15, 0.2) is 0 Å². The fraction of sp³-hybridized carbons (Fsp3) is 0.375. The number of carbonyl (C=O) groups is 2. The number of nitrogens with zero attached hydrogens (tertiary/aromatic N) is 1. The molecule has 2 rings (SSSR count). The molecule has 1 aromatic carbocycles. The van der Waals surface area contributed by atoms with E-state index in [9.17, 15) is 9.59 Å². The van der Waals surface area contributed by atoms with Crippen molar-refractivity contribution in [3.63, 3.8) is 0 Å². The summed E-state index contributed by atoms with van der Waals surface area (Å²) in [5, 5.41) is 12.4. The Morgan fingerprint density at radius 3 is 2.76 bits per heavy atom. The molecule has 0 aliphatic heterocycles. The number of fused-ring (bicyclic) bond motifs is 1. The molecule has 0 atom stereocenters. The molecule has 5 heteroatoms. The van der Waals surface area contributed by atoms with Gasteiger partial charge in [-0.25, -0.2) is 0 Å². The lowest BCUT2D eigenvalue weighted by molar-refractivity contribution is -0.137. The highest BCUT2D eigenvalue weighted by Crippen LogP contribution is 2.20. The van der Waals surface area contributed by atoms with E-state index in [0.29, 0.717) is 18.7 Å². The topological polar surface area (TPSA) is 71.3 Å². The molecule has 0 saturated carbocycles. The number of para-hydroxylation sites is 1. The van der Waals surface area contributed by atoms with Crippen LogP contribution in [0.3, 0.4) is 0 Å². The number of amides is 1. The van der Waals surface area contributed by atoms with Crippen LogP contribution in [0, 0.1) is 0 Å². The Hall–Kier alpha value is -2.30. The average molecular weight is 288 g/mol. The van der Waals surface area contributed by atoms with Crippen molar-refractivity contribution in [2.45, 2.75) is 32.7 Å². The first kappa shape index (κ1) is 15.1. The minimum Gasteiger partial charge on any atom is -0.481 e. The van der Waals surface area contributed by atoms with Crippen molar-refractivity contribution < 1.29 is 14.7 Å². The summed E-state index contributed by atoms with van der Waals surface area (Å²) in [4.78, 5) is 22.7. The zero-order valence-corrected chi connectivity index (χ0v) is 12.1. The number of carboxylic acids is 1. The van der Waals surface area contributed by atoms with Gasteiger partial charge in [-0.2, -0.15) is 0 Å². The Bertz CT molecular complexity index is 646. The van der Waals surface area contributed by atoms with E-state index in [2.05, 4.69) is 12.2 Å². The van der Waals surface area contributed by atoms with Crippen LogP contribution in [-0.2, 0) is 11.3 Å². The Labute approximate surface area is 123 Å². The second-order valence-electron chi connectivity index (χ2n) is 4.99. The van der Waals surface area contributed by atoms with Crippen LogP contribution in [0.4, 0.5) is 0 Å². The summed E-state index contributed by atoms with van der Waals surface area (Å²) in [5.41, 5.74) is 1.68. The van der Waals surface area contributed by atoms with E-state index in [1.54, 1.807) is 0 Å². The fourth-order valence-electron chi connectivity index (χ4n) is 2.40. The number of aliphatic carboxylic acids is 1. The third-order valence-corrected chi connectivity index (χ3v) is 3.34. The Kier molecular flexibility index (Phi) is 4.98.